The zero-order chi connectivity index (χ0) is 28.4. The fourth-order valence-corrected chi connectivity index (χ4v) is 5.12. The molecular formula is C29H30ClF2N7O2. The van der Waals surface area contributed by atoms with Gasteiger partial charge in [-0.15, -0.1) is 0 Å². The van der Waals surface area contributed by atoms with Crippen molar-refractivity contribution in [3.63, 3.8) is 0 Å². The Labute approximate surface area is 241 Å². The van der Waals surface area contributed by atoms with E-state index in [0.717, 1.165) is 6.07 Å². The predicted octanol–water partition coefficient (Wildman–Crippen LogP) is 4.87. The average Bonchev–Trinajstić information content (AvgIpc) is 2.94. The number of halogens is 3. The molecule has 2 aromatic carbocycles. The number of carbonyl (C=O) groups excluding carboxylic acids is 1. The number of carbonyl (C=O) groups is 1. The molecule has 1 amide bonds. The van der Waals surface area contributed by atoms with Gasteiger partial charge in [-0.05, 0) is 37.3 Å². The minimum absolute atomic E-state index is 0. The Balaban J connectivity index is 0.00000387. The highest BCUT2D eigenvalue weighted by molar-refractivity contribution is 6.34. The molecule has 4 aromatic rings. The smallest absolute Gasteiger partial charge is 0.246 e. The third kappa shape index (κ3) is 5.96. The first kappa shape index (κ1) is 29.8. The number of hydrogen-bond acceptors (Lipinski definition) is 8. The highest BCUT2D eigenvalue weighted by Gasteiger charge is 2.30. The van der Waals surface area contributed by atoms with Crippen LogP contribution in [0.2, 0.25) is 5.02 Å². The Morgan fingerprint density at radius 2 is 1.88 bits per heavy atom. The Bertz CT molecular complexity index is 1570. The number of amides is 1. The largest absolute Gasteiger partial charge is 0.507 e. The van der Waals surface area contributed by atoms with Gasteiger partial charge in [0.25, 0.3) is 0 Å². The third-order valence-electron chi connectivity index (χ3n) is 6.72. The summed E-state index contributed by atoms with van der Waals surface area (Å²) in [7, 11) is 0. The van der Waals surface area contributed by atoms with Crippen molar-refractivity contribution in [1.29, 1.82) is 0 Å². The number of aromatic hydroxyl groups is 1. The Morgan fingerprint density at radius 1 is 1.15 bits per heavy atom. The zero-order valence-corrected chi connectivity index (χ0v) is 22.4. The summed E-state index contributed by atoms with van der Waals surface area (Å²) in [5.74, 6) is -1.05. The molecule has 41 heavy (non-hydrogen) atoms. The quantitative estimate of drug-likeness (QED) is 0.298. The first-order valence-electron chi connectivity index (χ1n) is 12.6. The van der Waals surface area contributed by atoms with Crippen LogP contribution in [0.5, 0.6) is 5.75 Å². The molecule has 0 bridgehead atoms. The average molecular weight is 582 g/mol. The van der Waals surface area contributed by atoms with E-state index < -0.39 is 17.4 Å². The Kier molecular flexibility index (Phi) is 9.09. The first-order chi connectivity index (χ1) is 19.3. The van der Waals surface area contributed by atoms with E-state index in [-0.39, 0.29) is 53.4 Å². The minimum atomic E-state index is -0.882. The second kappa shape index (κ2) is 12.5. The van der Waals surface area contributed by atoms with Crippen LogP contribution in [0, 0.1) is 11.6 Å². The fraction of sp³-hybridized carbons (Fsp3) is 0.276. The van der Waals surface area contributed by atoms with Gasteiger partial charge in [-0.2, -0.15) is 0 Å². The molecule has 2 aromatic heterocycles. The first-order valence-corrected chi connectivity index (χ1v) is 13.0. The summed E-state index contributed by atoms with van der Waals surface area (Å²) in [5, 5.41) is 13.7. The zero-order valence-electron chi connectivity index (χ0n) is 21.6. The maximum absolute atomic E-state index is 16.2. The fourth-order valence-electron chi connectivity index (χ4n) is 4.84. The molecular weight excluding hydrogens is 552 g/mol. The number of aromatic nitrogens is 4. The van der Waals surface area contributed by atoms with Crippen LogP contribution in [-0.4, -0.2) is 61.5 Å². The van der Waals surface area contributed by atoms with Crippen LogP contribution in [0.3, 0.4) is 0 Å². The molecule has 0 saturated carbocycles. The van der Waals surface area contributed by atoms with E-state index in [4.69, 9.17) is 16.6 Å². The van der Waals surface area contributed by atoms with E-state index in [1.807, 2.05) is 11.8 Å². The molecule has 214 valence electrons. The van der Waals surface area contributed by atoms with Gasteiger partial charge in [0.15, 0.2) is 5.82 Å². The lowest BCUT2D eigenvalue weighted by atomic mass is 10.0. The number of hydrogen-bond donors (Lipinski definition) is 2. The van der Waals surface area contributed by atoms with Crippen LogP contribution in [0.1, 0.15) is 26.0 Å². The van der Waals surface area contributed by atoms with Crippen LogP contribution in [0.4, 0.5) is 14.6 Å². The van der Waals surface area contributed by atoms with Crippen molar-refractivity contribution in [2.24, 2.45) is 0 Å². The topological polar surface area (TPSA) is 107 Å². The molecule has 0 aliphatic carbocycles. The highest BCUT2D eigenvalue weighted by Crippen LogP contribution is 2.42. The maximum Gasteiger partial charge on any atom is 0.246 e. The standard InChI is InChI=1S/C28H26ClF2N7O2.CH4/c1-3-23(40)38-11-10-37(15-16(38)2)28-17-12-18(29)24(25-19(30)6-4-7-20(25)39)26(31)27(17)35-22(36-28)14-32-13-21-33-8-5-9-34-21;/h3-9,12,16,32,39H,1,10-11,13-15H2,2H3;1H4/t16-;/m1./s1. The number of piperazine rings is 1. The van der Waals surface area contributed by atoms with Crippen LogP contribution in [0.15, 0.2) is 55.4 Å². The molecule has 0 unspecified atom stereocenters. The van der Waals surface area contributed by atoms with Crippen molar-refractivity contribution in [2.45, 2.75) is 33.5 Å². The lowest BCUT2D eigenvalue weighted by molar-refractivity contribution is -0.128. The van der Waals surface area contributed by atoms with Crippen LogP contribution < -0.4 is 10.2 Å². The van der Waals surface area contributed by atoms with Gasteiger partial charge in [0.05, 0.1) is 23.7 Å². The predicted molar refractivity (Wildman–Crippen MR) is 154 cm³/mol. The van der Waals surface area contributed by atoms with Gasteiger partial charge < -0.3 is 20.2 Å². The molecule has 9 nitrogen and oxygen atoms in total. The van der Waals surface area contributed by atoms with Crippen molar-refractivity contribution in [1.82, 2.24) is 30.2 Å². The van der Waals surface area contributed by atoms with Gasteiger partial charge in [-0.1, -0.05) is 31.7 Å². The van der Waals surface area contributed by atoms with Gasteiger partial charge in [0.1, 0.15) is 34.6 Å². The van der Waals surface area contributed by atoms with Crippen molar-refractivity contribution in [3.8, 4) is 16.9 Å². The van der Waals surface area contributed by atoms with Crippen LogP contribution in [0.25, 0.3) is 22.0 Å². The summed E-state index contributed by atoms with van der Waals surface area (Å²) in [4.78, 5) is 33.5. The van der Waals surface area contributed by atoms with E-state index >= 15 is 4.39 Å². The molecule has 0 radical (unpaired) electrons. The van der Waals surface area contributed by atoms with Crippen molar-refractivity contribution in [3.05, 3.63) is 83.7 Å². The Morgan fingerprint density at radius 3 is 2.56 bits per heavy atom. The second-order valence-electron chi connectivity index (χ2n) is 9.34. The molecule has 1 atom stereocenters. The van der Waals surface area contributed by atoms with Crippen LogP contribution >= 0.6 is 11.6 Å². The number of benzene rings is 2. The highest BCUT2D eigenvalue weighted by atomic mass is 35.5. The van der Waals surface area contributed by atoms with Crippen molar-refractivity contribution < 1.29 is 18.7 Å². The summed E-state index contributed by atoms with van der Waals surface area (Å²) >= 11 is 6.52. The molecule has 12 heteroatoms. The van der Waals surface area contributed by atoms with E-state index in [1.54, 1.807) is 23.4 Å². The van der Waals surface area contributed by atoms with Gasteiger partial charge in [-0.3, -0.25) is 4.79 Å². The van der Waals surface area contributed by atoms with Crippen LogP contribution in [-0.2, 0) is 17.9 Å². The monoisotopic (exact) mass is 581 g/mol. The lowest BCUT2D eigenvalue weighted by Crippen LogP contribution is -2.54. The number of rotatable bonds is 7. The van der Waals surface area contributed by atoms with E-state index in [1.165, 1.54) is 24.3 Å². The molecule has 0 spiro atoms. The molecule has 1 aliphatic heterocycles. The third-order valence-corrected chi connectivity index (χ3v) is 7.02. The summed E-state index contributed by atoms with van der Waals surface area (Å²) in [5.41, 5.74) is -0.712. The van der Waals surface area contributed by atoms with Crippen molar-refractivity contribution >= 4 is 34.2 Å². The number of fused-ring (bicyclic) bond motifs is 1. The number of phenols is 1. The molecule has 1 aliphatic rings. The van der Waals surface area contributed by atoms with E-state index in [0.29, 0.717) is 43.2 Å². The molecule has 3 heterocycles. The second-order valence-corrected chi connectivity index (χ2v) is 9.75. The van der Waals surface area contributed by atoms with Crippen molar-refractivity contribution in [2.75, 3.05) is 24.5 Å². The number of nitrogens with one attached hydrogen (secondary N) is 1. The Hall–Kier alpha value is -4.22. The van der Waals surface area contributed by atoms with E-state index in [2.05, 4.69) is 26.8 Å². The number of nitrogens with zero attached hydrogens (tertiary/aromatic N) is 6. The SMILES string of the molecule is C.C=CC(=O)N1CCN(c2nc(CNCc3ncccn3)nc3c(F)c(-c4c(O)cccc4F)c(Cl)cc23)C[C@H]1C. The van der Waals surface area contributed by atoms with Gasteiger partial charge >= 0.3 is 0 Å². The molecule has 2 N–H and O–H groups in total. The van der Waals surface area contributed by atoms with Gasteiger partial charge in [0.2, 0.25) is 5.91 Å². The number of anilines is 1. The normalized spacial score (nSPS) is 15.1. The summed E-state index contributed by atoms with van der Waals surface area (Å²) in [6.07, 6.45) is 4.54. The maximum atomic E-state index is 16.2. The van der Waals surface area contributed by atoms with Gasteiger partial charge in [-0.25, -0.2) is 28.7 Å². The molecule has 1 fully saturated rings. The minimum Gasteiger partial charge on any atom is -0.507 e. The lowest BCUT2D eigenvalue weighted by Gasteiger charge is -2.40. The summed E-state index contributed by atoms with van der Waals surface area (Å²) in [6, 6.07) is 6.72. The summed E-state index contributed by atoms with van der Waals surface area (Å²) < 4.78 is 31.0. The molecule has 5 rings (SSSR count). The summed E-state index contributed by atoms with van der Waals surface area (Å²) in [6.45, 7) is 7.23. The van der Waals surface area contributed by atoms with E-state index in [9.17, 15) is 14.3 Å². The number of phenolic OH excluding ortho intramolecular Hbond substituents is 1. The van der Waals surface area contributed by atoms with Gasteiger partial charge in [0, 0.05) is 49.0 Å². The molecule has 1 saturated heterocycles.